The summed E-state index contributed by atoms with van der Waals surface area (Å²) in [4.78, 5) is 2.43. The highest BCUT2D eigenvalue weighted by molar-refractivity contribution is 7.89. The minimum atomic E-state index is -3.62. The summed E-state index contributed by atoms with van der Waals surface area (Å²) in [7, 11) is -1.57. The lowest BCUT2D eigenvalue weighted by Gasteiger charge is -2.56. The molecule has 1 fully saturated rings. The molecule has 0 aromatic heterocycles. The molecule has 4 rings (SSSR count). The summed E-state index contributed by atoms with van der Waals surface area (Å²) in [6, 6.07) is 24.2. The third-order valence-corrected chi connectivity index (χ3v) is 8.39. The van der Waals surface area contributed by atoms with Crippen LogP contribution < -0.4 is 4.72 Å². The summed E-state index contributed by atoms with van der Waals surface area (Å²) in [5, 5.41) is 12.3. The normalized spacial score (nSPS) is 17.8. The maximum atomic E-state index is 12.7. The average molecular weight is 479 g/mol. The predicted octanol–water partition coefficient (Wildman–Crippen LogP) is 4.48. The first-order valence-electron chi connectivity index (χ1n) is 11.7. The van der Waals surface area contributed by atoms with Gasteiger partial charge in [0.15, 0.2) is 0 Å². The van der Waals surface area contributed by atoms with Crippen molar-refractivity contribution in [2.24, 2.45) is 5.41 Å². The topological polar surface area (TPSA) is 69.6 Å². The van der Waals surface area contributed by atoms with E-state index >= 15 is 0 Å². The number of nitrogens with zero attached hydrogens (tertiary/aromatic N) is 1. The van der Waals surface area contributed by atoms with Crippen LogP contribution in [0.4, 0.5) is 0 Å². The lowest BCUT2D eigenvalue weighted by atomic mass is 9.62. The molecule has 3 aromatic carbocycles. The minimum absolute atomic E-state index is 0.143. The molecular weight excluding hydrogens is 444 g/mol. The molecule has 0 aliphatic carbocycles. The number of aliphatic hydroxyl groups is 1. The predicted molar refractivity (Wildman–Crippen MR) is 136 cm³/mol. The number of likely N-dealkylation sites (tertiary alicyclic amines) is 1. The molecule has 0 radical (unpaired) electrons. The Morgan fingerprint density at radius 1 is 0.971 bits per heavy atom. The van der Waals surface area contributed by atoms with Crippen molar-refractivity contribution in [3.8, 4) is 0 Å². The number of benzene rings is 3. The molecule has 1 aliphatic heterocycles. The maximum absolute atomic E-state index is 12.7. The fourth-order valence-corrected chi connectivity index (χ4v) is 6.15. The molecule has 34 heavy (non-hydrogen) atoms. The van der Waals surface area contributed by atoms with Gasteiger partial charge in [-0.05, 0) is 47.4 Å². The Bertz CT molecular complexity index is 1230. The second-order valence-electron chi connectivity index (χ2n) is 10.1. The van der Waals surface area contributed by atoms with Crippen LogP contribution >= 0.6 is 0 Å². The molecule has 180 valence electrons. The fraction of sp³-hybridized carbons (Fsp3) is 0.357. The molecular formula is C28H34N2O3S. The molecule has 0 saturated carbocycles. The highest BCUT2D eigenvalue weighted by Gasteiger charge is 2.55. The summed E-state index contributed by atoms with van der Waals surface area (Å²) in [6.45, 7) is 8.10. The Morgan fingerprint density at radius 3 is 2.21 bits per heavy atom. The van der Waals surface area contributed by atoms with Crippen molar-refractivity contribution >= 4 is 10.0 Å². The largest absolute Gasteiger partial charge is 0.380 e. The number of sulfonamides is 1. The van der Waals surface area contributed by atoms with Crippen molar-refractivity contribution < 1.29 is 13.5 Å². The highest BCUT2D eigenvalue weighted by Crippen LogP contribution is 2.50. The molecule has 5 nitrogen and oxygen atoms in total. The number of hydrogen-bond acceptors (Lipinski definition) is 4. The van der Waals surface area contributed by atoms with Crippen molar-refractivity contribution in [1.82, 2.24) is 9.62 Å². The van der Waals surface area contributed by atoms with E-state index in [2.05, 4.69) is 49.6 Å². The number of hydrogen-bond donors (Lipinski definition) is 2. The first-order chi connectivity index (χ1) is 16.0. The molecule has 0 spiro atoms. The standard InChI is InChI=1S/C28H34N2O3S/c1-21(2)23-13-15-24(16-14-23)28(31,27(3)19-30(4)20-27)25-10-8-9-22(17-25)18-29-34(32,33)26-11-6-5-7-12-26/h5-17,21,29,31H,18-20H2,1-4H3. The average Bonchev–Trinajstić information content (AvgIpc) is 2.82. The molecule has 1 saturated heterocycles. The van der Waals surface area contributed by atoms with Crippen LogP contribution in [0.5, 0.6) is 0 Å². The zero-order chi connectivity index (χ0) is 24.6. The molecule has 0 amide bonds. The van der Waals surface area contributed by atoms with Crippen LogP contribution in [0.2, 0.25) is 0 Å². The van der Waals surface area contributed by atoms with E-state index < -0.39 is 15.6 Å². The number of nitrogens with one attached hydrogen (secondary N) is 1. The Morgan fingerprint density at radius 2 is 1.62 bits per heavy atom. The summed E-state index contributed by atoms with van der Waals surface area (Å²) in [6.07, 6.45) is 0. The maximum Gasteiger partial charge on any atom is 0.240 e. The van der Waals surface area contributed by atoms with Crippen molar-refractivity contribution in [2.75, 3.05) is 20.1 Å². The van der Waals surface area contributed by atoms with Gasteiger partial charge in [0.05, 0.1) is 4.90 Å². The van der Waals surface area contributed by atoms with Crippen molar-refractivity contribution in [2.45, 2.75) is 43.7 Å². The molecule has 1 aliphatic rings. The Labute approximate surface area is 203 Å². The lowest BCUT2D eigenvalue weighted by Crippen LogP contribution is -2.63. The minimum Gasteiger partial charge on any atom is -0.380 e. The van der Waals surface area contributed by atoms with Crippen LogP contribution in [-0.2, 0) is 22.2 Å². The van der Waals surface area contributed by atoms with Crippen LogP contribution in [-0.4, -0.2) is 38.6 Å². The zero-order valence-corrected chi connectivity index (χ0v) is 21.1. The van der Waals surface area contributed by atoms with Gasteiger partial charge in [0.1, 0.15) is 5.60 Å². The van der Waals surface area contributed by atoms with Gasteiger partial charge in [-0.2, -0.15) is 0 Å². The third-order valence-electron chi connectivity index (χ3n) is 6.97. The van der Waals surface area contributed by atoms with Crippen LogP contribution in [0, 0.1) is 5.41 Å². The monoisotopic (exact) mass is 478 g/mol. The molecule has 6 heteroatoms. The number of rotatable bonds is 8. The Hall–Kier alpha value is -2.51. The van der Waals surface area contributed by atoms with Crippen molar-refractivity contribution in [3.05, 3.63) is 101 Å². The molecule has 2 N–H and O–H groups in total. The van der Waals surface area contributed by atoms with Gasteiger partial charge < -0.3 is 10.0 Å². The fourth-order valence-electron chi connectivity index (χ4n) is 5.11. The summed E-state index contributed by atoms with van der Waals surface area (Å²) >= 11 is 0. The van der Waals surface area contributed by atoms with E-state index in [1.807, 2.05) is 36.4 Å². The molecule has 1 heterocycles. The van der Waals surface area contributed by atoms with Gasteiger partial charge in [-0.25, -0.2) is 13.1 Å². The van der Waals surface area contributed by atoms with Crippen LogP contribution in [0.25, 0.3) is 0 Å². The van der Waals surface area contributed by atoms with Crippen LogP contribution in [0.1, 0.15) is 48.9 Å². The van der Waals surface area contributed by atoms with Crippen molar-refractivity contribution in [3.63, 3.8) is 0 Å². The summed E-state index contributed by atoms with van der Waals surface area (Å²) in [5.41, 5.74) is 2.08. The highest BCUT2D eigenvalue weighted by atomic mass is 32.2. The zero-order valence-electron chi connectivity index (χ0n) is 20.3. The van der Waals surface area contributed by atoms with E-state index in [-0.39, 0.29) is 16.9 Å². The second kappa shape index (κ2) is 9.27. The Balaban J connectivity index is 1.67. The molecule has 1 atom stereocenters. The van der Waals surface area contributed by atoms with E-state index in [1.54, 1.807) is 30.3 Å². The van der Waals surface area contributed by atoms with E-state index in [0.29, 0.717) is 5.92 Å². The van der Waals surface area contributed by atoms with Gasteiger partial charge in [-0.3, -0.25) is 0 Å². The third kappa shape index (κ3) is 4.56. The molecule has 0 bridgehead atoms. The van der Waals surface area contributed by atoms with E-state index in [0.717, 1.165) is 29.8 Å². The van der Waals surface area contributed by atoms with Gasteiger partial charge in [-0.15, -0.1) is 0 Å². The van der Waals surface area contributed by atoms with Crippen LogP contribution in [0.3, 0.4) is 0 Å². The lowest BCUT2D eigenvalue weighted by molar-refractivity contribution is -0.127. The van der Waals surface area contributed by atoms with E-state index in [9.17, 15) is 13.5 Å². The SMILES string of the molecule is CC(C)c1ccc(C(O)(c2cccc(CNS(=O)(=O)c3ccccc3)c2)C2(C)CN(C)C2)cc1. The quantitative estimate of drug-likeness (QED) is 0.501. The van der Waals surface area contributed by atoms with Gasteiger partial charge in [0.25, 0.3) is 0 Å². The van der Waals surface area contributed by atoms with E-state index in [4.69, 9.17) is 0 Å². The molecule has 1 unspecified atom stereocenters. The Kier molecular flexibility index (Phi) is 6.71. The second-order valence-corrected chi connectivity index (χ2v) is 11.8. The molecule has 3 aromatic rings. The first kappa shape index (κ1) is 24.6. The van der Waals surface area contributed by atoms with E-state index in [1.165, 1.54) is 5.56 Å². The van der Waals surface area contributed by atoms with Gasteiger partial charge in [0, 0.05) is 25.0 Å². The summed E-state index contributed by atoms with van der Waals surface area (Å²) < 4.78 is 28.0. The van der Waals surface area contributed by atoms with Crippen LogP contribution in [0.15, 0.2) is 83.8 Å². The van der Waals surface area contributed by atoms with Gasteiger partial charge in [0.2, 0.25) is 10.0 Å². The van der Waals surface area contributed by atoms with Crippen molar-refractivity contribution in [1.29, 1.82) is 0 Å². The first-order valence-corrected chi connectivity index (χ1v) is 13.2. The van der Waals surface area contributed by atoms with Gasteiger partial charge >= 0.3 is 0 Å². The summed E-state index contributed by atoms with van der Waals surface area (Å²) in [5.74, 6) is 0.411. The van der Waals surface area contributed by atoms with Gasteiger partial charge in [-0.1, -0.05) is 87.5 Å². The smallest absolute Gasteiger partial charge is 0.240 e.